The molecule has 3 aromatic rings. The van der Waals surface area contributed by atoms with Crippen LogP contribution in [-0.2, 0) is 6.18 Å². The molecule has 2 aliphatic rings. The van der Waals surface area contributed by atoms with E-state index in [-0.39, 0.29) is 11.7 Å². The zero-order chi connectivity index (χ0) is 23.2. The van der Waals surface area contributed by atoms with Crippen LogP contribution in [0.2, 0.25) is 0 Å². The van der Waals surface area contributed by atoms with Gasteiger partial charge in [0.05, 0.1) is 11.7 Å². The van der Waals surface area contributed by atoms with E-state index in [9.17, 15) is 18.0 Å². The summed E-state index contributed by atoms with van der Waals surface area (Å²) in [7, 11) is 0. The molecular weight excluding hydrogens is 433 g/mol. The Kier molecular flexibility index (Phi) is 5.46. The van der Waals surface area contributed by atoms with E-state index in [1.54, 1.807) is 9.42 Å². The average Bonchev–Trinajstić information content (AvgIpc) is 3.47. The molecule has 5 rings (SSSR count). The number of pyridine rings is 1. The van der Waals surface area contributed by atoms with Crippen molar-refractivity contribution in [1.82, 2.24) is 24.5 Å². The molecule has 0 spiro atoms. The molecule has 0 aromatic carbocycles. The third-order valence-corrected chi connectivity index (χ3v) is 6.39. The standard InChI is InChI=1S/C23H25F3N6O/c1-15-14-32-20(28-21(15)30-10-4-5-11-30)13-17(29-32)18-8-2-3-12-31(18)22(33)16-7-6-9-19(27-16)23(24,25)26/h6-7,9,13-14,18H,2-5,8,10-12H2,1H3/t18-/m0/s1. The van der Waals surface area contributed by atoms with Gasteiger partial charge in [0.2, 0.25) is 0 Å². The number of likely N-dealkylation sites (tertiary alicyclic amines) is 1. The molecule has 1 amide bonds. The van der Waals surface area contributed by atoms with Crippen LogP contribution in [0.4, 0.5) is 19.0 Å². The van der Waals surface area contributed by atoms with Crippen molar-refractivity contribution in [2.75, 3.05) is 24.5 Å². The summed E-state index contributed by atoms with van der Waals surface area (Å²) in [6.45, 7) is 4.43. The number of alkyl halides is 3. The highest BCUT2D eigenvalue weighted by Crippen LogP contribution is 2.33. The van der Waals surface area contributed by atoms with Crippen LogP contribution in [0.25, 0.3) is 5.65 Å². The molecule has 0 aliphatic carbocycles. The van der Waals surface area contributed by atoms with Crippen molar-refractivity contribution in [3.05, 3.63) is 53.1 Å². The first-order valence-electron chi connectivity index (χ1n) is 11.3. The Morgan fingerprint density at radius 2 is 1.82 bits per heavy atom. The maximum Gasteiger partial charge on any atom is 0.433 e. The molecule has 5 heterocycles. The third-order valence-electron chi connectivity index (χ3n) is 6.39. The minimum Gasteiger partial charge on any atom is -0.356 e. The first-order chi connectivity index (χ1) is 15.8. The first-order valence-corrected chi connectivity index (χ1v) is 11.3. The maximum atomic E-state index is 13.2. The van der Waals surface area contributed by atoms with Gasteiger partial charge in [-0.3, -0.25) is 4.79 Å². The van der Waals surface area contributed by atoms with Crippen LogP contribution < -0.4 is 4.90 Å². The van der Waals surface area contributed by atoms with Crippen molar-refractivity contribution in [3.8, 4) is 0 Å². The number of piperidine rings is 1. The van der Waals surface area contributed by atoms with Crippen molar-refractivity contribution < 1.29 is 18.0 Å². The number of nitrogens with zero attached hydrogens (tertiary/aromatic N) is 6. The Labute approximate surface area is 189 Å². The van der Waals surface area contributed by atoms with Crippen LogP contribution in [-0.4, -0.2) is 50.0 Å². The van der Waals surface area contributed by atoms with Crippen LogP contribution in [0.3, 0.4) is 0 Å². The predicted octanol–water partition coefficient (Wildman–Crippen LogP) is 4.42. The van der Waals surface area contributed by atoms with Gasteiger partial charge in [-0.15, -0.1) is 0 Å². The molecule has 2 fully saturated rings. The largest absolute Gasteiger partial charge is 0.433 e. The number of aryl methyl sites for hydroxylation is 1. The van der Waals surface area contributed by atoms with E-state index in [0.717, 1.165) is 56.2 Å². The van der Waals surface area contributed by atoms with E-state index in [0.29, 0.717) is 24.3 Å². The molecule has 33 heavy (non-hydrogen) atoms. The van der Waals surface area contributed by atoms with E-state index in [4.69, 9.17) is 4.98 Å². The summed E-state index contributed by atoms with van der Waals surface area (Å²) in [5, 5.41) is 4.69. The fraction of sp³-hybridized carbons (Fsp3) is 0.478. The van der Waals surface area contributed by atoms with Crippen molar-refractivity contribution in [2.45, 2.75) is 51.2 Å². The molecule has 0 unspecified atom stereocenters. The van der Waals surface area contributed by atoms with Crippen LogP contribution in [0.1, 0.15) is 65.6 Å². The second kappa shape index (κ2) is 8.31. The minimum absolute atomic E-state index is 0.203. The molecule has 0 N–H and O–H groups in total. The molecule has 0 saturated carbocycles. The van der Waals surface area contributed by atoms with Gasteiger partial charge in [0, 0.05) is 37.5 Å². The molecule has 7 nitrogen and oxygen atoms in total. The third kappa shape index (κ3) is 4.14. The Morgan fingerprint density at radius 3 is 2.58 bits per heavy atom. The molecule has 2 saturated heterocycles. The van der Waals surface area contributed by atoms with Gasteiger partial charge in [-0.1, -0.05) is 6.07 Å². The smallest absolute Gasteiger partial charge is 0.356 e. The Balaban J connectivity index is 1.46. The number of aromatic nitrogens is 4. The number of anilines is 1. The van der Waals surface area contributed by atoms with Gasteiger partial charge in [0.1, 0.15) is 17.2 Å². The maximum absolute atomic E-state index is 13.2. The van der Waals surface area contributed by atoms with E-state index in [1.807, 2.05) is 19.2 Å². The number of hydrogen-bond donors (Lipinski definition) is 0. The van der Waals surface area contributed by atoms with Crippen LogP contribution >= 0.6 is 0 Å². The molecule has 1 atom stereocenters. The zero-order valence-corrected chi connectivity index (χ0v) is 18.3. The number of amides is 1. The van der Waals surface area contributed by atoms with Crippen LogP contribution in [0.15, 0.2) is 30.5 Å². The lowest BCUT2D eigenvalue weighted by Gasteiger charge is -2.34. The highest BCUT2D eigenvalue weighted by atomic mass is 19.4. The Bertz CT molecular complexity index is 1180. The second-order valence-corrected chi connectivity index (χ2v) is 8.73. The van der Waals surface area contributed by atoms with Crippen molar-refractivity contribution in [2.24, 2.45) is 0 Å². The quantitative estimate of drug-likeness (QED) is 0.581. The topological polar surface area (TPSA) is 66.6 Å². The highest BCUT2D eigenvalue weighted by Gasteiger charge is 2.35. The zero-order valence-electron chi connectivity index (χ0n) is 18.3. The van der Waals surface area contributed by atoms with Crippen molar-refractivity contribution in [1.29, 1.82) is 0 Å². The van der Waals surface area contributed by atoms with Gasteiger partial charge in [0.15, 0.2) is 5.65 Å². The van der Waals surface area contributed by atoms with Gasteiger partial charge < -0.3 is 9.80 Å². The minimum atomic E-state index is -4.60. The van der Waals surface area contributed by atoms with Crippen molar-refractivity contribution >= 4 is 17.4 Å². The first kappa shape index (κ1) is 21.7. The van der Waals surface area contributed by atoms with E-state index < -0.39 is 17.8 Å². The summed E-state index contributed by atoms with van der Waals surface area (Å²) in [4.78, 5) is 25.5. The highest BCUT2D eigenvalue weighted by molar-refractivity contribution is 5.92. The van der Waals surface area contributed by atoms with Gasteiger partial charge in [0.25, 0.3) is 5.91 Å². The summed E-state index contributed by atoms with van der Waals surface area (Å²) in [6, 6.07) is 4.98. The van der Waals surface area contributed by atoms with E-state index in [2.05, 4.69) is 15.0 Å². The number of carbonyl (C=O) groups excluding carboxylic acids is 1. The molecular formula is C23H25F3N6O. The fourth-order valence-corrected chi connectivity index (χ4v) is 4.77. The normalized spacial score (nSPS) is 19.5. The lowest BCUT2D eigenvalue weighted by Crippen LogP contribution is -2.39. The lowest BCUT2D eigenvalue weighted by atomic mass is 9.99. The number of halogens is 3. The number of fused-ring (bicyclic) bond motifs is 1. The van der Waals surface area contributed by atoms with Gasteiger partial charge in [-0.05, 0) is 51.2 Å². The Hall–Kier alpha value is -3.17. The van der Waals surface area contributed by atoms with Crippen LogP contribution in [0, 0.1) is 6.92 Å². The molecule has 2 aliphatic heterocycles. The molecule has 0 bridgehead atoms. The SMILES string of the molecule is Cc1cn2nc([C@@H]3CCCCN3C(=O)c3cccc(C(F)(F)F)n3)cc2nc1N1CCCC1. The van der Waals surface area contributed by atoms with E-state index in [1.165, 1.54) is 12.1 Å². The number of carbonyl (C=O) groups is 1. The predicted molar refractivity (Wildman–Crippen MR) is 116 cm³/mol. The summed E-state index contributed by atoms with van der Waals surface area (Å²) < 4.78 is 41.0. The molecule has 10 heteroatoms. The molecule has 174 valence electrons. The monoisotopic (exact) mass is 458 g/mol. The molecule has 3 aromatic heterocycles. The molecule has 0 radical (unpaired) electrons. The fourth-order valence-electron chi connectivity index (χ4n) is 4.77. The second-order valence-electron chi connectivity index (χ2n) is 8.73. The Morgan fingerprint density at radius 1 is 1.06 bits per heavy atom. The van der Waals surface area contributed by atoms with Crippen LogP contribution in [0.5, 0.6) is 0 Å². The number of rotatable bonds is 3. The summed E-state index contributed by atoms with van der Waals surface area (Å²) in [5.74, 6) is 0.445. The average molecular weight is 458 g/mol. The van der Waals surface area contributed by atoms with Gasteiger partial charge >= 0.3 is 6.18 Å². The van der Waals surface area contributed by atoms with Crippen molar-refractivity contribution in [3.63, 3.8) is 0 Å². The number of hydrogen-bond acceptors (Lipinski definition) is 5. The van der Waals surface area contributed by atoms with Gasteiger partial charge in [-0.25, -0.2) is 14.5 Å². The summed E-state index contributed by atoms with van der Waals surface area (Å²) >= 11 is 0. The van der Waals surface area contributed by atoms with Gasteiger partial charge in [-0.2, -0.15) is 18.3 Å². The van der Waals surface area contributed by atoms with E-state index >= 15 is 0 Å². The summed E-state index contributed by atoms with van der Waals surface area (Å²) in [5.41, 5.74) is 1.16. The lowest BCUT2D eigenvalue weighted by molar-refractivity contribution is -0.141. The summed E-state index contributed by atoms with van der Waals surface area (Å²) in [6.07, 6.45) is 2.03.